The van der Waals surface area contributed by atoms with Crippen LogP contribution in [0.4, 0.5) is 15.8 Å². The maximum Gasteiger partial charge on any atom is 0.278 e. The minimum Gasteiger partial charge on any atom is -0.381 e. The van der Waals surface area contributed by atoms with Crippen molar-refractivity contribution >= 4 is 28.1 Å². The molecule has 0 atom stereocenters. The third kappa shape index (κ3) is 3.26. The van der Waals surface area contributed by atoms with Gasteiger partial charge in [0, 0.05) is 29.2 Å². The highest BCUT2D eigenvalue weighted by Gasteiger charge is 2.25. The van der Waals surface area contributed by atoms with E-state index in [-0.39, 0.29) is 11.4 Å². The molecule has 1 saturated carbocycles. The maximum absolute atomic E-state index is 14.4. The zero-order chi connectivity index (χ0) is 20.7. The van der Waals surface area contributed by atoms with Crippen molar-refractivity contribution in [1.29, 1.82) is 0 Å². The molecular formula is C22H19FN6O. The first kappa shape index (κ1) is 18.2. The van der Waals surface area contributed by atoms with Crippen LogP contribution in [0.15, 0.2) is 54.9 Å². The van der Waals surface area contributed by atoms with Gasteiger partial charge >= 0.3 is 0 Å². The molecule has 1 aliphatic carbocycles. The van der Waals surface area contributed by atoms with Gasteiger partial charge in [0.25, 0.3) is 5.91 Å². The lowest BCUT2D eigenvalue weighted by molar-refractivity contribution is 0.102. The number of aromatic nitrogens is 4. The van der Waals surface area contributed by atoms with E-state index >= 15 is 0 Å². The van der Waals surface area contributed by atoms with E-state index in [4.69, 9.17) is 0 Å². The summed E-state index contributed by atoms with van der Waals surface area (Å²) in [6.45, 7) is 1.76. The predicted molar refractivity (Wildman–Crippen MR) is 112 cm³/mol. The molecule has 0 radical (unpaired) electrons. The number of rotatable bonds is 5. The molecule has 2 heterocycles. The van der Waals surface area contributed by atoms with E-state index in [0.29, 0.717) is 17.4 Å². The summed E-state index contributed by atoms with van der Waals surface area (Å²) in [5.74, 6) is -1.01. The minimum atomic E-state index is -0.510. The number of halogens is 1. The first-order chi connectivity index (χ1) is 14.6. The van der Waals surface area contributed by atoms with Crippen molar-refractivity contribution in [3.63, 3.8) is 0 Å². The van der Waals surface area contributed by atoms with Gasteiger partial charge in [-0.25, -0.2) is 9.07 Å². The molecule has 0 saturated heterocycles. The molecule has 2 N–H and O–H groups in total. The van der Waals surface area contributed by atoms with E-state index in [2.05, 4.69) is 25.9 Å². The molecule has 0 unspecified atom stereocenters. The van der Waals surface area contributed by atoms with Crippen LogP contribution < -0.4 is 10.6 Å². The van der Waals surface area contributed by atoms with Crippen LogP contribution in [0.3, 0.4) is 0 Å². The van der Waals surface area contributed by atoms with E-state index in [0.717, 1.165) is 29.3 Å². The molecule has 0 bridgehead atoms. The fourth-order valence-electron chi connectivity index (χ4n) is 3.45. The van der Waals surface area contributed by atoms with E-state index in [1.165, 1.54) is 6.07 Å². The molecule has 4 aromatic rings. The highest BCUT2D eigenvalue weighted by atomic mass is 19.1. The van der Waals surface area contributed by atoms with Crippen LogP contribution in [-0.4, -0.2) is 31.9 Å². The van der Waals surface area contributed by atoms with Gasteiger partial charge in [-0.15, -0.1) is 5.10 Å². The van der Waals surface area contributed by atoms with Crippen LogP contribution in [0, 0.1) is 12.7 Å². The van der Waals surface area contributed by atoms with Crippen molar-refractivity contribution in [2.45, 2.75) is 25.8 Å². The average Bonchev–Trinajstić information content (AvgIpc) is 3.49. The molecule has 1 fully saturated rings. The van der Waals surface area contributed by atoms with Crippen LogP contribution in [0.5, 0.6) is 0 Å². The number of benzene rings is 2. The monoisotopic (exact) mass is 402 g/mol. The lowest BCUT2D eigenvalue weighted by Crippen LogP contribution is -2.17. The Kier molecular flexibility index (Phi) is 4.39. The standard InChI is InChI=1S/C22H19FN6O/c1-13-20(22(30)26-21-17(23)5-3-6-18(21)25-15-8-9-15)27-28-29(13)19-7-2-4-14-12-24-11-10-16(14)19/h2-7,10-12,15,25H,8-9H2,1H3,(H,26,30). The zero-order valence-electron chi connectivity index (χ0n) is 16.3. The number of nitrogens with one attached hydrogen (secondary N) is 2. The Labute approximate surface area is 171 Å². The van der Waals surface area contributed by atoms with Crippen molar-refractivity contribution in [2.75, 3.05) is 10.6 Å². The van der Waals surface area contributed by atoms with Crippen molar-refractivity contribution in [3.05, 3.63) is 72.1 Å². The molecule has 1 aliphatic rings. The Hall–Kier alpha value is -3.81. The first-order valence-electron chi connectivity index (χ1n) is 9.73. The zero-order valence-corrected chi connectivity index (χ0v) is 16.3. The lowest BCUT2D eigenvalue weighted by atomic mass is 10.1. The van der Waals surface area contributed by atoms with Crippen LogP contribution in [0.2, 0.25) is 0 Å². The molecule has 5 rings (SSSR count). The summed E-state index contributed by atoms with van der Waals surface area (Å²) < 4.78 is 16.1. The second-order valence-corrected chi connectivity index (χ2v) is 7.34. The van der Waals surface area contributed by atoms with Gasteiger partial charge in [-0.1, -0.05) is 23.4 Å². The fourth-order valence-corrected chi connectivity index (χ4v) is 3.45. The van der Waals surface area contributed by atoms with Crippen molar-refractivity contribution < 1.29 is 9.18 Å². The molecule has 0 aliphatic heterocycles. The predicted octanol–water partition coefficient (Wildman–Crippen LogP) is 4.09. The highest BCUT2D eigenvalue weighted by Crippen LogP contribution is 2.31. The van der Waals surface area contributed by atoms with E-state index < -0.39 is 11.7 Å². The minimum absolute atomic E-state index is 0.125. The summed E-state index contributed by atoms with van der Waals surface area (Å²) in [5, 5.41) is 16.1. The molecule has 7 nitrogen and oxygen atoms in total. The van der Waals surface area contributed by atoms with Gasteiger partial charge in [-0.05, 0) is 44.0 Å². The summed E-state index contributed by atoms with van der Waals surface area (Å²) in [6, 6.07) is 12.7. The van der Waals surface area contributed by atoms with Crippen molar-refractivity contribution in [2.24, 2.45) is 0 Å². The van der Waals surface area contributed by atoms with E-state index in [1.807, 2.05) is 24.3 Å². The van der Waals surface area contributed by atoms with Crippen LogP contribution >= 0.6 is 0 Å². The fraction of sp³-hybridized carbons (Fsp3) is 0.182. The smallest absolute Gasteiger partial charge is 0.278 e. The van der Waals surface area contributed by atoms with Gasteiger partial charge < -0.3 is 10.6 Å². The Balaban J connectivity index is 1.48. The Bertz CT molecular complexity index is 1260. The first-order valence-corrected chi connectivity index (χ1v) is 9.73. The maximum atomic E-state index is 14.4. The third-order valence-corrected chi connectivity index (χ3v) is 5.18. The number of carbonyl (C=O) groups is 1. The van der Waals surface area contributed by atoms with Gasteiger partial charge in [0.15, 0.2) is 5.69 Å². The topological polar surface area (TPSA) is 84.7 Å². The van der Waals surface area contributed by atoms with E-state index in [9.17, 15) is 9.18 Å². The molecule has 1 amide bonds. The number of hydrogen-bond acceptors (Lipinski definition) is 5. The number of amides is 1. The van der Waals surface area contributed by atoms with Crippen LogP contribution in [0.25, 0.3) is 16.5 Å². The largest absolute Gasteiger partial charge is 0.381 e. The Morgan fingerprint density at radius 3 is 2.83 bits per heavy atom. The van der Waals surface area contributed by atoms with Crippen molar-refractivity contribution in [3.8, 4) is 5.69 Å². The number of carbonyl (C=O) groups excluding carboxylic acids is 1. The second-order valence-electron chi connectivity index (χ2n) is 7.34. The van der Waals surface area contributed by atoms with Gasteiger partial charge in [0.1, 0.15) is 11.5 Å². The van der Waals surface area contributed by atoms with Crippen LogP contribution in [-0.2, 0) is 0 Å². The number of hydrogen-bond donors (Lipinski definition) is 2. The van der Waals surface area contributed by atoms with E-state index in [1.54, 1.807) is 36.1 Å². The summed E-state index contributed by atoms with van der Waals surface area (Å²) in [5.41, 5.74) is 2.18. The summed E-state index contributed by atoms with van der Waals surface area (Å²) in [7, 11) is 0. The second kappa shape index (κ2) is 7.22. The van der Waals surface area contributed by atoms with Gasteiger partial charge in [0.05, 0.1) is 17.1 Å². The summed E-state index contributed by atoms with van der Waals surface area (Å²) in [4.78, 5) is 17.1. The molecule has 2 aromatic heterocycles. The number of fused-ring (bicyclic) bond motifs is 1. The normalized spacial score (nSPS) is 13.4. The molecule has 30 heavy (non-hydrogen) atoms. The van der Waals surface area contributed by atoms with Gasteiger partial charge in [-0.3, -0.25) is 9.78 Å². The Morgan fingerprint density at radius 1 is 1.17 bits per heavy atom. The molecule has 2 aromatic carbocycles. The quantitative estimate of drug-likeness (QED) is 0.525. The molecule has 8 heteroatoms. The average molecular weight is 402 g/mol. The SMILES string of the molecule is Cc1c(C(=O)Nc2c(F)cccc2NC2CC2)nnn1-c1cccc2cnccc12. The molecular weight excluding hydrogens is 383 g/mol. The summed E-state index contributed by atoms with van der Waals surface area (Å²) in [6.07, 6.45) is 5.55. The van der Waals surface area contributed by atoms with Crippen molar-refractivity contribution in [1.82, 2.24) is 20.0 Å². The molecule has 0 spiro atoms. The van der Waals surface area contributed by atoms with Crippen LogP contribution in [0.1, 0.15) is 29.0 Å². The molecule has 150 valence electrons. The Morgan fingerprint density at radius 2 is 2.00 bits per heavy atom. The lowest BCUT2D eigenvalue weighted by Gasteiger charge is -2.13. The van der Waals surface area contributed by atoms with Gasteiger partial charge in [0.2, 0.25) is 0 Å². The number of nitrogens with zero attached hydrogens (tertiary/aromatic N) is 4. The number of anilines is 2. The number of para-hydroxylation sites is 1. The van der Waals surface area contributed by atoms with Gasteiger partial charge in [-0.2, -0.15) is 0 Å². The highest BCUT2D eigenvalue weighted by molar-refractivity contribution is 6.05. The summed E-state index contributed by atoms with van der Waals surface area (Å²) >= 11 is 0. The number of pyridine rings is 1. The third-order valence-electron chi connectivity index (χ3n) is 5.18.